The van der Waals surface area contributed by atoms with Crippen LogP contribution in [0.25, 0.3) is 0 Å². The van der Waals surface area contributed by atoms with E-state index in [0.717, 1.165) is 4.90 Å². The van der Waals surface area contributed by atoms with Crippen LogP contribution in [0.1, 0.15) is 62.7 Å². The molecular weight excluding hydrogens is 560 g/mol. The third-order valence-electron chi connectivity index (χ3n) is 7.27. The molecule has 39 heavy (non-hydrogen) atoms. The first-order chi connectivity index (χ1) is 18.1. The van der Waals surface area contributed by atoms with Crippen LogP contribution in [0.4, 0.5) is 13.2 Å². The van der Waals surface area contributed by atoms with Crippen LogP contribution >= 0.6 is 23.2 Å². The normalized spacial score (nSPS) is 21.8. The molecule has 3 rings (SSSR count). The highest BCUT2D eigenvalue weighted by atomic mass is 35.5. The number of amides is 1. The van der Waals surface area contributed by atoms with Crippen molar-refractivity contribution < 1.29 is 32.7 Å². The predicted octanol–water partition coefficient (Wildman–Crippen LogP) is 5.53. The average molecular weight is 591 g/mol. The second-order valence-corrected chi connectivity index (χ2v) is 11.8. The van der Waals surface area contributed by atoms with Crippen molar-refractivity contribution in [3.63, 3.8) is 0 Å². The summed E-state index contributed by atoms with van der Waals surface area (Å²) >= 11 is 12.2. The smallest absolute Gasteiger partial charge is 0.431 e. The van der Waals surface area contributed by atoms with Gasteiger partial charge in [-0.25, -0.2) is 0 Å². The first-order valence-corrected chi connectivity index (χ1v) is 13.3. The number of aromatic nitrogens is 1. The molecule has 2 aliphatic rings. The fraction of sp³-hybridized carbons (Fsp3) is 0.577. The van der Waals surface area contributed by atoms with Crippen LogP contribution in [0.15, 0.2) is 23.7 Å². The number of aliphatic carboxylic acids is 1. The van der Waals surface area contributed by atoms with Gasteiger partial charge in [-0.05, 0) is 49.9 Å². The van der Waals surface area contributed by atoms with Gasteiger partial charge in [-0.15, -0.1) is 0 Å². The zero-order chi connectivity index (χ0) is 29.1. The van der Waals surface area contributed by atoms with Gasteiger partial charge in [0.05, 0.1) is 33.6 Å². The minimum atomic E-state index is -5.00. The minimum absolute atomic E-state index is 0.00874. The monoisotopic (exact) mass is 590 g/mol. The Balaban J connectivity index is 1.92. The lowest BCUT2D eigenvalue weighted by atomic mass is 9.64. The second kappa shape index (κ2) is 12.2. The molecule has 1 aromatic rings. The molecule has 0 saturated heterocycles. The highest BCUT2D eigenvalue weighted by molar-refractivity contribution is 6.39. The molecule has 2 fully saturated rings. The van der Waals surface area contributed by atoms with E-state index in [2.05, 4.69) is 10.3 Å². The van der Waals surface area contributed by atoms with Crippen molar-refractivity contribution in [2.45, 2.75) is 64.6 Å². The Bertz CT molecular complexity index is 1140. The summed E-state index contributed by atoms with van der Waals surface area (Å²) in [6.45, 7) is 3.49. The topological polar surface area (TPSA) is 123 Å². The number of hydrogen-bond acceptors (Lipinski definition) is 6. The quantitative estimate of drug-likeness (QED) is 0.187. The number of carboxylic acid groups (broad SMARTS) is 1. The molecule has 0 atom stereocenters. The summed E-state index contributed by atoms with van der Waals surface area (Å²) in [7, 11) is 0. The van der Waals surface area contributed by atoms with E-state index >= 15 is 0 Å². The summed E-state index contributed by atoms with van der Waals surface area (Å²) in [6.07, 6.45) is -0.124. The fourth-order valence-electron chi connectivity index (χ4n) is 5.51. The molecule has 1 aromatic heterocycles. The van der Waals surface area contributed by atoms with Gasteiger partial charge >= 0.3 is 12.1 Å². The van der Waals surface area contributed by atoms with Gasteiger partial charge in [0, 0.05) is 31.2 Å². The number of nitrogens with one attached hydrogen (secondary N) is 2. The van der Waals surface area contributed by atoms with E-state index in [-0.39, 0.29) is 59.2 Å². The Morgan fingerprint density at radius 1 is 1.15 bits per heavy atom. The summed E-state index contributed by atoms with van der Waals surface area (Å²) in [6, 6.07) is -0.725. The van der Waals surface area contributed by atoms with Gasteiger partial charge in [0.1, 0.15) is 5.70 Å². The zero-order valence-electron chi connectivity index (χ0n) is 21.6. The van der Waals surface area contributed by atoms with Gasteiger partial charge in [-0.3, -0.25) is 19.4 Å². The molecule has 1 amide bonds. The molecule has 214 valence electrons. The maximum Gasteiger partial charge on any atom is 0.431 e. The highest BCUT2D eigenvalue weighted by Crippen LogP contribution is 2.45. The number of allylic oxidation sites excluding steroid dienone is 1. The minimum Gasteiger partial charge on any atom is -0.481 e. The first-order valence-electron chi connectivity index (χ1n) is 12.6. The van der Waals surface area contributed by atoms with Gasteiger partial charge in [-0.1, -0.05) is 37.0 Å². The van der Waals surface area contributed by atoms with E-state index < -0.39 is 53.6 Å². The number of pyridine rings is 1. The second-order valence-electron chi connectivity index (χ2n) is 11.0. The summed E-state index contributed by atoms with van der Waals surface area (Å²) in [4.78, 5) is 42.8. The molecule has 0 aliphatic heterocycles. The molecule has 0 bridgehead atoms. The number of carboxylic acids is 1. The number of carbonyl (C=O) groups is 3. The van der Waals surface area contributed by atoms with Crippen LogP contribution < -0.4 is 5.32 Å². The third-order valence-corrected chi connectivity index (χ3v) is 7.84. The number of nitrogens with zero attached hydrogens (tertiary/aromatic N) is 2. The SMILES string of the molecule is CC1(C)CC(CN(CC(=O)c2c(Cl)cncc2Cl)C(=O)/C(C=N)=C(/N[C@H]2CC[C@H](C(=O)O)CC2)C(F)(F)F)C1. The molecule has 0 spiro atoms. The Morgan fingerprint density at radius 3 is 2.18 bits per heavy atom. The van der Waals surface area contributed by atoms with Gasteiger partial charge in [0.15, 0.2) is 5.78 Å². The van der Waals surface area contributed by atoms with Crippen molar-refractivity contribution in [1.29, 1.82) is 5.41 Å². The van der Waals surface area contributed by atoms with Crippen LogP contribution in [0.2, 0.25) is 10.0 Å². The van der Waals surface area contributed by atoms with Crippen molar-refractivity contribution in [1.82, 2.24) is 15.2 Å². The van der Waals surface area contributed by atoms with E-state index in [1.165, 1.54) is 12.4 Å². The van der Waals surface area contributed by atoms with Crippen LogP contribution in [0, 0.1) is 22.7 Å². The van der Waals surface area contributed by atoms with Crippen LogP contribution in [0.5, 0.6) is 0 Å². The number of Topliss-reactive ketones (excluding diaryl/α,β-unsaturated/α-hetero) is 1. The maximum absolute atomic E-state index is 14.2. The predicted molar refractivity (Wildman–Crippen MR) is 140 cm³/mol. The molecular formula is C26H31Cl2F3N4O4. The van der Waals surface area contributed by atoms with Crippen LogP contribution in [-0.2, 0) is 9.59 Å². The third kappa shape index (κ3) is 7.72. The number of halogens is 5. The molecule has 8 nitrogen and oxygen atoms in total. The van der Waals surface area contributed by atoms with Crippen molar-refractivity contribution in [3.05, 3.63) is 39.3 Å². The average Bonchev–Trinajstić information content (AvgIpc) is 2.81. The van der Waals surface area contributed by atoms with Crippen molar-refractivity contribution >= 4 is 47.1 Å². The molecule has 0 aromatic carbocycles. The molecule has 1 heterocycles. The molecule has 0 radical (unpaired) electrons. The lowest BCUT2D eigenvalue weighted by molar-refractivity contribution is -0.143. The molecule has 3 N–H and O–H groups in total. The standard InChI is InChI=1S/C26H31Cl2F3N4O4/c1-25(2)7-14(8-25)12-35(13-20(36)21-18(27)10-33-11-19(21)28)23(37)17(9-32)22(26(29,30)31)34-16-5-3-15(4-6-16)24(38)39/h9-11,14-16,32,34H,3-8,12-13H2,1-2H3,(H,38,39)/b22-17+,32-9?/t15-,16-. The fourth-order valence-corrected chi connectivity index (χ4v) is 6.08. The maximum atomic E-state index is 14.2. The largest absolute Gasteiger partial charge is 0.481 e. The summed E-state index contributed by atoms with van der Waals surface area (Å²) < 4.78 is 42.7. The Morgan fingerprint density at radius 2 is 1.72 bits per heavy atom. The summed E-state index contributed by atoms with van der Waals surface area (Å²) in [5.74, 6) is -3.46. The molecule has 13 heteroatoms. The number of hydrogen-bond donors (Lipinski definition) is 3. The molecule has 2 saturated carbocycles. The van der Waals surface area contributed by atoms with Crippen LogP contribution in [0.3, 0.4) is 0 Å². The van der Waals surface area contributed by atoms with Gasteiger partial charge in [0.25, 0.3) is 5.91 Å². The zero-order valence-corrected chi connectivity index (χ0v) is 23.1. The molecule has 0 unspecified atom stereocenters. The van der Waals surface area contributed by atoms with Crippen molar-refractivity contribution in [2.75, 3.05) is 13.1 Å². The number of rotatable bonds is 10. The Labute approximate surface area is 234 Å². The van der Waals surface area contributed by atoms with E-state index in [9.17, 15) is 32.7 Å². The van der Waals surface area contributed by atoms with E-state index in [0.29, 0.717) is 19.1 Å². The Kier molecular flexibility index (Phi) is 9.69. The number of alkyl halides is 3. The van der Waals surface area contributed by atoms with Crippen molar-refractivity contribution in [2.24, 2.45) is 17.3 Å². The van der Waals surface area contributed by atoms with Crippen molar-refractivity contribution in [3.8, 4) is 0 Å². The van der Waals surface area contributed by atoms with E-state index in [1.807, 2.05) is 13.8 Å². The lowest BCUT2D eigenvalue weighted by Crippen LogP contribution is -2.47. The van der Waals surface area contributed by atoms with Crippen LogP contribution in [-0.4, -0.2) is 64.2 Å². The Hall–Kier alpha value is -2.66. The van der Waals surface area contributed by atoms with Gasteiger partial charge < -0.3 is 20.7 Å². The van der Waals surface area contributed by atoms with Gasteiger partial charge in [-0.2, -0.15) is 13.2 Å². The number of ketones is 1. The summed E-state index contributed by atoms with van der Waals surface area (Å²) in [5.41, 5.74) is -2.40. The van der Waals surface area contributed by atoms with E-state index in [1.54, 1.807) is 0 Å². The number of carbonyl (C=O) groups excluding carboxylic acids is 2. The van der Waals surface area contributed by atoms with Gasteiger partial charge in [0.2, 0.25) is 0 Å². The highest BCUT2D eigenvalue weighted by Gasteiger charge is 2.43. The lowest BCUT2D eigenvalue weighted by Gasteiger charge is -2.44. The molecule has 2 aliphatic carbocycles. The summed E-state index contributed by atoms with van der Waals surface area (Å²) in [5, 5.41) is 19.2. The van der Waals surface area contributed by atoms with E-state index in [4.69, 9.17) is 28.6 Å². The first kappa shape index (κ1) is 30.9.